The van der Waals surface area contributed by atoms with Crippen LogP contribution < -0.4 is 5.32 Å². The first-order valence-corrected chi connectivity index (χ1v) is 6.04. The predicted molar refractivity (Wildman–Crippen MR) is 64.3 cm³/mol. The monoisotopic (exact) mass is 224 g/mol. The van der Waals surface area contributed by atoms with Crippen molar-refractivity contribution in [1.82, 2.24) is 4.98 Å². The molecule has 1 aromatic heterocycles. The lowest BCUT2D eigenvalue weighted by Crippen LogP contribution is -2.20. The van der Waals surface area contributed by atoms with Gasteiger partial charge in [-0.05, 0) is 30.9 Å². The van der Waals surface area contributed by atoms with Crippen molar-refractivity contribution in [2.24, 2.45) is 5.92 Å². The second kappa shape index (κ2) is 4.84. The van der Waals surface area contributed by atoms with E-state index in [4.69, 9.17) is 11.6 Å². The second-order valence-corrected chi connectivity index (χ2v) is 4.67. The fourth-order valence-corrected chi connectivity index (χ4v) is 1.94. The van der Waals surface area contributed by atoms with Crippen LogP contribution in [0, 0.1) is 5.92 Å². The molecular weight excluding hydrogens is 208 g/mol. The summed E-state index contributed by atoms with van der Waals surface area (Å²) in [6, 6.07) is 4.25. The van der Waals surface area contributed by atoms with E-state index in [1.165, 1.54) is 19.3 Å². The molecular formula is C12H17ClN2. The number of anilines is 1. The fourth-order valence-electron chi connectivity index (χ4n) is 1.77. The van der Waals surface area contributed by atoms with Crippen LogP contribution in [0.3, 0.4) is 0 Å². The zero-order valence-corrected chi connectivity index (χ0v) is 9.80. The highest BCUT2D eigenvalue weighted by Crippen LogP contribution is 2.35. The Morgan fingerprint density at radius 2 is 2.40 bits per heavy atom. The maximum Gasteiger partial charge on any atom is 0.144 e. The summed E-state index contributed by atoms with van der Waals surface area (Å²) in [5, 5.41) is 4.14. The highest BCUT2D eigenvalue weighted by molar-refractivity contribution is 6.32. The van der Waals surface area contributed by atoms with E-state index < -0.39 is 0 Å². The summed E-state index contributed by atoms with van der Waals surface area (Å²) in [4.78, 5) is 4.25. The summed E-state index contributed by atoms with van der Waals surface area (Å²) in [7, 11) is 0. The molecule has 1 N–H and O–H groups in total. The van der Waals surface area contributed by atoms with Gasteiger partial charge in [-0.3, -0.25) is 0 Å². The van der Waals surface area contributed by atoms with Crippen molar-refractivity contribution >= 4 is 17.4 Å². The van der Waals surface area contributed by atoms with Crippen LogP contribution in [0.15, 0.2) is 18.3 Å². The summed E-state index contributed by atoms with van der Waals surface area (Å²) >= 11 is 6.05. The molecule has 0 aromatic carbocycles. The Bertz CT molecular complexity index is 323. The lowest BCUT2D eigenvalue weighted by atomic mass is 10.1. The smallest absolute Gasteiger partial charge is 0.144 e. The average molecular weight is 225 g/mol. The number of pyridine rings is 1. The highest BCUT2D eigenvalue weighted by Gasteiger charge is 2.24. The SMILES string of the molecule is CCC(CC1CC1)Nc1ncccc1Cl. The van der Waals surface area contributed by atoms with Gasteiger partial charge in [0, 0.05) is 12.2 Å². The van der Waals surface area contributed by atoms with Crippen molar-refractivity contribution < 1.29 is 0 Å². The minimum absolute atomic E-state index is 0.518. The van der Waals surface area contributed by atoms with Crippen LogP contribution >= 0.6 is 11.6 Å². The summed E-state index contributed by atoms with van der Waals surface area (Å²) in [5.74, 6) is 1.76. The number of hydrogen-bond acceptors (Lipinski definition) is 2. The first kappa shape index (κ1) is 10.7. The van der Waals surface area contributed by atoms with E-state index in [1.54, 1.807) is 6.20 Å². The van der Waals surface area contributed by atoms with Crippen molar-refractivity contribution in [2.75, 3.05) is 5.32 Å². The van der Waals surface area contributed by atoms with Gasteiger partial charge in [-0.25, -0.2) is 4.98 Å². The van der Waals surface area contributed by atoms with Gasteiger partial charge in [0.1, 0.15) is 5.82 Å². The molecule has 3 heteroatoms. The van der Waals surface area contributed by atoms with Gasteiger partial charge in [-0.15, -0.1) is 0 Å². The molecule has 0 spiro atoms. The van der Waals surface area contributed by atoms with Crippen molar-refractivity contribution in [1.29, 1.82) is 0 Å². The van der Waals surface area contributed by atoms with Crippen LogP contribution in [0.2, 0.25) is 5.02 Å². The van der Waals surface area contributed by atoms with Crippen molar-refractivity contribution in [3.8, 4) is 0 Å². The molecule has 1 atom stereocenters. The molecule has 0 radical (unpaired) electrons. The van der Waals surface area contributed by atoms with Crippen LogP contribution in [-0.4, -0.2) is 11.0 Å². The first-order chi connectivity index (χ1) is 7.29. The molecule has 1 unspecified atom stereocenters. The molecule has 0 saturated heterocycles. The molecule has 1 fully saturated rings. The summed E-state index contributed by atoms with van der Waals surface area (Å²) in [5.41, 5.74) is 0. The third kappa shape index (κ3) is 3.10. The van der Waals surface area contributed by atoms with E-state index in [0.29, 0.717) is 11.1 Å². The van der Waals surface area contributed by atoms with Crippen molar-refractivity contribution in [3.63, 3.8) is 0 Å². The van der Waals surface area contributed by atoms with Gasteiger partial charge >= 0.3 is 0 Å². The minimum atomic E-state index is 0.518. The summed E-state index contributed by atoms with van der Waals surface area (Å²) in [6.07, 6.45) is 6.95. The largest absolute Gasteiger partial charge is 0.366 e. The Hall–Kier alpha value is -0.760. The Balaban J connectivity index is 1.95. The van der Waals surface area contributed by atoms with Crippen molar-refractivity contribution in [3.05, 3.63) is 23.4 Å². The molecule has 1 saturated carbocycles. The topological polar surface area (TPSA) is 24.9 Å². The van der Waals surface area contributed by atoms with Crippen LogP contribution in [-0.2, 0) is 0 Å². The normalized spacial score (nSPS) is 17.5. The van der Waals surface area contributed by atoms with E-state index in [9.17, 15) is 0 Å². The molecule has 2 nitrogen and oxygen atoms in total. The third-order valence-electron chi connectivity index (χ3n) is 2.91. The molecule has 0 aliphatic heterocycles. The Morgan fingerprint density at radius 1 is 1.60 bits per heavy atom. The molecule has 2 rings (SSSR count). The van der Waals surface area contributed by atoms with Gasteiger partial charge in [0.05, 0.1) is 5.02 Å². The Kier molecular flexibility index (Phi) is 3.47. The summed E-state index contributed by atoms with van der Waals surface area (Å²) < 4.78 is 0. The maximum atomic E-state index is 6.05. The van der Waals surface area contributed by atoms with E-state index >= 15 is 0 Å². The Morgan fingerprint density at radius 3 is 3.00 bits per heavy atom. The number of nitrogens with zero attached hydrogens (tertiary/aromatic N) is 1. The Labute approximate surface area is 96.1 Å². The minimum Gasteiger partial charge on any atom is -0.366 e. The standard InChI is InChI=1S/C12H17ClN2/c1-2-10(8-9-5-6-9)15-12-11(13)4-3-7-14-12/h3-4,7,9-10H,2,5-6,8H2,1H3,(H,14,15). The molecule has 1 heterocycles. The van der Waals surface area contributed by atoms with Gasteiger partial charge in [-0.1, -0.05) is 31.4 Å². The van der Waals surface area contributed by atoms with E-state index in [1.807, 2.05) is 12.1 Å². The molecule has 1 aliphatic carbocycles. The molecule has 15 heavy (non-hydrogen) atoms. The zero-order valence-electron chi connectivity index (χ0n) is 9.04. The van der Waals surface area contributed by atoms with Gasteiger partial charge in [0.25, 0.3) is 0 Å². The maximum absolute atomic E-state index is 6.05. The molecule has 1 aromatic rings. The number of nitrogens with one attached hydrogen (secondary N) is 1. The van der Waals surface area contributed by atoms with Gasteiger partial charge in [0.15, 0.2) is 0 Å². The highest BCUT2D eigenvalue weighted by atomic mass is 35.5. The number of halogens is 1. The van der Waals surface area contributed by atoms with E-state index in [2.05, 4.69) is 17.2 Å². The quantitative estimate of drug-likeness (QED) is 0.825. The fraction of sp³-hybridized carbons (Fsp3) is 0.583. The van der Waals surface area contributed by atoms with Crippen LogP contribution in [0.1, 0.15) is 32.6 Å². The van der Waals surface area contributed by atoms with Gasteiger partial charge in [0.2, 0.25) is 0 Å². The number of hydrogen-bond donors (Lipinski definition) is 1. The lowest BCUT2D eigenvalue weighted by molar-refractivity contribution is 0.585. The first-order valence-electron chi connectivity index (χ1n) is 5.66. The zero-order chi connectivity index (χ0) is 10.7. The molecule has 82 valence electrons. The molecule has 1 aliphatic rings. The summed E-state index contributed by atoms with van der Waals surface area (Å²) in [6.45, 7) is 2.21. The second-order valence-electron chi connectivity index (χ2n) is 4.26. The van der Waals surface area contributed by atoms with E-state index in [0.717, 1.165) is 18.2 Å². The van der Waals surface area contributed by atoms with Crippen LogP contribution in [0.4, 0.5) is 5.82 Å². The molecule has 0 amide bonds. The number of aromatic nitrogens is 1. The third-order valence-corrected chi connectivity index (χ3v) is 3.21. The lowest BCUT2D eigenvalue weighted by Gasteiger charge is -2.17. The van der Waals surface area contributed by atoms with Crippen LogP contribution in [0.5, 0.6) is 0 Å². The average Bonchev–Trinajstić information content (AvgIpc) is 3.04. The van der Waals surface area contributed by atoms with Gasteiger partial charge in [-0.2, -0.15) is 0 Å². The predicted octanol–water partition coefficient (Wildman–Crippen LogP) is 3.73. The van der Waals surface area contributed by atoms with Gasteiger partial charge < -0.3 is 5.32 Å². The number of rotatable bonds is 5. The van der Waals surface area contributed by atoms with E-state index in [-0.39, 0.29) is 0 Å². The molecule has 0 bridgehead atoms. The van der Waals surface area contributed by atoms with Crippen molar-refractivity contribution in [2.45, 2.75) is 38.6 Å². The van der Waals surface area contributed by atoms with Crippen LogP contribution in [0.25, 0.3) is 0 Å².